The van der Waals surface area contributed by atoms with Crippen LogP contribution in [-0.4, -0.2) is 27.2 Å². The maximum Gasteiger partial charge on any atom is 0.277 e. The first-order chi connectivity index (χ1) is 11.7. The van der Waals surface area contributed by atoms with Crippen LogP contribution in [0.3, 0.4) is 0 Å². The maximum atomic E-state index is 13.0. The highest BCUT2D eigenvalue weighted by Gasteiger charge is 2.12. The molecule has 0 saturated heterocycles. The summed E-state index contributed by atoms with van der Waals surface area (Å²) in [7, 11) is 0. The smallest absolute Gasteiger partial charge is 0.277 e. The minimum atomic E-state index is -0.343. The van der Waals surface area contributed by atoms with Gasteiger partial charge in [-0.15, -0.1) is 5.10 Å². The Morgan fingerprint density at radius 2 is 2.04 bits per heavy atom. The van der Waals surface area contributed by atoms with E-state index >= 15 is 0 Å². The average molecular weight is 342 g/mol. The Kier molecular flexibility index (Phi) is 4.90. The monoisotopic (exact) mass is 342 g/mol. The predicted molar refractivity (Wildman–Crippen MR) is 92.9 cm³/mol. The molecule has 2 aromatic carbocycles. The molecule has 122 valence electrons. The van der Waals surface area contributed by atoms with Gasteiger partial charge >= 0.3 is 0 Å². The lowest BCUT2D eigenvalue weighted by Crippen LogP contribution is -2.12. The number of nitrogens with zero attached hydrogens (tertiary/aromatic N) is 3. The molecule has 1 N–H and O–H groups in total. The molecular formula is C17H15FN4OS. The quantitative estimate of drug-likeness (QED) is 0.771. The van der Waals surface area contributed by atoms with Crippen molar-refractivity contribution in [2.45, 2.75) is 5.75 Å². The second-order valence-electron chi connectivity index (χ2n) is 5.11. The van der Waals surface area contributed by atoms with Gasteiger partial charge in [0, 0.05) is 11.4 Å². The summed E-state index contributed by atoms with van der Waals surface area (Å²) in [5.41, 5.74) is 2.66. The van der Waals surface area contributed by atoms with E-state index in [0.717, 1.165) is 11.3 Å². The summed E-state index contributed by atoms with van der Waals surface area (Å²) in [6, 6.07) is 13.5. The third-order valence-electron chi connectivity index (χ3n) is 3.31. The van der Waals surface area contributed by atoms with Gasteiger partial charge in [-0.2, -0.15) is 11.8 Å². The lowest BCUT2D eigenvalue weighted by molar-refractivity contribution is 0.102. The summed E-state index contributed by atoms with van der Waals surface area (Å²) >= 11 is 1.72. The van der Waals surface area contributed by atoms with E-state index in [1.807, 2.05) is 30.5 Å². The molecule has 0 saturated carbocycles. The lowest BCUT2D eigenvalue weighted by atomic mass is 10.2. The highest BCUT2D eigenvalue weighted by molar-refractivity contribution is 7.97. The zero-order chi connectivity index (χ0) is 16.9. The van der Waals surface area contributed by atoms with Crippen molar-refractivity contribution in [3.05, 3.63) is 71.8 Å². The molecule has 3 aromatic rings. The van der Waals surface area contributed by atoms with Crippen LogP contribution in [-0.2, 0) is 5.75 Å². The molecule has 3 rings (SSSR count). The zero-order valence-electron chi connectivity index (χ0n) is 12.9. The van der Waals surface area contributed by atoms with E-state index in [4.69, 9.17) is 0 Å². The van der Waals surface area contributed by atoms with Gasteiger partial charge in [0.1, 0.15) is 5.82 Å². The first-order valence-electron chi connectivity index (χ1n) is 7.23. The number of nitrogens with one attached hydrogen (secondary N) is 1. The highest BCUT2D eigenvalue weighted by atomic mass is 32.2. The predicted octanol–water partition coefficient (Wildman–Crippen LogP) is 3.52. The van der Waals surface area contributed by atoms with Crippen molar-refractivity contribution in [3.8, 4) is 5.69 Å². The lowest BCUT2D eigenvalue weighted by Gasteiger charge is -2.05. The Bertz CT molecular complexity index is 848. The average Bonchev–Trinajstić information content (AvgIpc) is 3.06. The standard InChI is InChI=1S/C17H15FN4OS/c1-24-11-12-3-2-4-14(9-12)19-17(23)16-10-22(21-20-16)15-7-5-13(18)6-8-15/h2-10H,11H2,1H3,(H,19,23). The molecule has 0 aliphatic heterocycles. The fourth-order valence-electron chi connectivity index (χ4n) is 2.19. The molecule has 1 amide bonds. The van der Waals surface area contributed by atoms with Gasteiger partial charge in [-0.3, -0.25) is 4.79 Å². The van der Waals surface area contributed by atoms with Gasteiger partial charge < -0.3 is 5.32 Å². The largest absolute Gasteiger partial charge is 0.321 e. The van der Waals surface area contributed by atoms with E-state index in [1.54, 1.807) is 23.9 Å². The van der Waals surface area contributed by atoms with Crippen molar-refractivity contribution in [1.29, 1.82) is 0 Å². The number of anilines is 1. The molecule has 0 fully saturated rings. The zero-order valence-corrected chi connectivity index (χ0v) is 13.8. The molecule has 7 heteroatoms. The Hall–Kier alpha value is -2.67. The molecule has 24 heavy (non-hydrogen) atoms. The Morgan fingerprint density at radius 1 is 1.25 bits per heavy atom. The van der Waals surface area contributed by atoms with Crippen LogP contribution in [0.5, 0.6) is 0 Å². The topological polar surface area (TPSA) is 59.8 Å². The number of carbonyl (C=O) groups excluding carboxylic acids is 1. The number of hydrogen-bond acceptors (Lipinski definition) is 4. The highest BCUT2D eigenvalue weighted by Crippen LogP contribution is 2.16. The minimum absolute atomic E-state index is 0.189. The van der Waals surface area contributed by atoms with Crippen molar-refractivity contribution in [2.24, 2.45) is 0 Å². The number of halogens is 1. The van der Waals surface area contributed by atoms with Crippen LogP contribution in [0.2, 0.25) is 0 Å². The number of amides is 1. The number of hydrogen-bond donors (Lipinski definition) is 1. The van der Waals surface area contributed by atoms with Crippen LogP contribution in [0.1, 0.15) is 16.1 Å². The Balaban J connectivity index is 1.74. The normalized spacial score (nSPS) is 10.6. The molecule has 1 aromatic heterocycles. The van der Waals surface area contributed by atoms with Crippen LogP contribution >= 0.6 is 11.8 Å². The number of thioether (sulfide) groups is 1. The van der Waals surface area contributed by atoms with Gasteiger partial charge in [-0.05, 0) is 48.2 Å². The first kappa shape index (κ1) is 16.2. The Morgan fingerprint density at radius 3 is 2.79 bits per heavy atom. The fourth-order valence-corrected chi connectivity index (χ4v) is 2.70. The molecule has 0 aliphatic carbocycles. The molecule has 0 bridgehead atoms. The number of rotatable bonds is 5. The van der Waals surface area contributed by atoms with E-state index in [1.165, 1.54) is 23.0 Å². The van der Waals surface area contributed by atoms with Gasteiger partial charge in [-0.1, -0.05) is 17.3 Å². The molecule has 0 unspecified atom stereocenters. The summed E-state index contributed by atoms with van der Waals surface area (Å²) < 4.78 is 14.4. The van der Waals surface area contributed by atoms with Crippen molar-refractivity contribution in [2.75, 3.05) is 11.6 Å². The summed E-state index contributed by atoms with van der Waals surface area (Å²) in [4.78, 5) is 12.3. The number of carbonyl (C=O) groups is 1. The van der Waals surface area contributed by atoms with Crippen LogP contribution in [0.25, 0.3) is 5.69 Å². The Labute approximate surface area is 142 Å². The third kappa shape index (κ3) is 3.80. The van der Waals surface area contributed by atoms with Crippen LogP contribution < -0.4 is 5.32 Å². The summed E-state index contributed by atoms with van der Waals surface area (Å²) in [6.45, 7) is 0. The second-order valence-corrected chi connectivity index (χ2v) is 5.98. The van der Waals surface area contributed by atoms with Crippen molar-refractivity contribution in [3.63, 3.8) is 0 Å². The summed E-state index contributed by atoms with van der Waals surface area (Å²) in [5, 5.41) is 10.6. The molecular weight excluding hydrogens is 327 g/mol. The molecule has 0 atom stereocenters. The van der Waals surface area contributed by atoms with Crippen LogP contribution in [0.15, 0.2) is 54.7 Å². The van der Waals surface area contributed by atoms with Crippen LogP contribution in [0, 0.1) is 5.82 Å². The number of aromatic nitrogens is 3. The third-order valence-corrected chi connectivity index (χ3v) is 3.94. The van der Waals surface area contributed by atoms with E-state index < -0.39 is 0 Å². The molecule has 1 heterocycles. The molecule has 0 radical (unpaired) electrons. The van der Waals surface area contributed by atoms with E-state index in [0.29, 0.717) is 11.4 Å². The second kappa shape index (κ2) is 7.27. The summed E-state index contributed by atoms with van der Waals surface area (Å²) in [6.07, 6.45) is 3.54. The SMILES string of the molecule is CSCc1cccc(NC(=O)c2cn(-c3ccc(F)cc3)nn2)c1. The van der Waals surface area contributed by atoms with Gasteiger partial charge in [0.15, 0.2) is 5.69 Å². The number of benzene rings is 2. The molecule has 0 spiro atoms. The van der Waals surface area contributed by atoms with Gasteiger partial charge in [0.2, 0.25) is 0 Å². The van der Waals surface area contributed by atoms with Gasteiger partial charge in [0.25, 0.3) is 5.91 Å². The van der Waals surface area contributed by atoms with E-state index in [-0.39, 0.29) is 17.4 Å². The summed E-state index contributed by atoms with van der Waals surface area (Å²) in [5.74, 6) is 0.205. The van der Waals surface area contributed by atoms with E-state index in [9.17, 15) is 9.18 Å². The molecule has 0 aliphatic rings. The van der Waals surface area contributed by atoms with E-state index in [2.05, 4.69) is 15.6 Å². The molecule has 5 nitrogen and oxygen atoms in total. The van der Waals surface area contributed by atoms with Crippen LogP contribution in [0.4, 0.5) is 10.1 Å². The van der Waals surface area contributed by atoms with Gasteiger partial charge in [-0.25, -0.2) is 9.07 Å². The first-order valence-corrected chi connectivity index (χ1v) is 8.62. The maximum absolute atomic E-state index is 13.0. The minimum Gasteiger partial charge on any atom is -0.321 e. The van der Waals surface area contributed by atoms with Crippen molar-refractivity contribution < 1.29 is 9.18 Å². The fraction of sp³-hybridized carbons (Fsp3) is 0.118. The van der Waals surface area contributed by atoms with Crippen molar-refractivity contribution in [1.82, 2.24) is 15.0 Å². The van der Waals surface area contributed by atoms with Gasteiger partial charge in [0.05, 0.1) is 11.9 Å². The van der Waals surface area contributed by atoms with Crippen molar-refractivity contribution >= 4 is 23.4 Å².